The molecule has 0 atom stereocenters. The van der Waals surface area contributed by atoms with Crippen molar-refractivity contribution >= 4 is 22.2 Å². The Kier molecular flexibility index (Phi) is 4.14. The zero-order chi connectivity index (χ0) is 10.6. The molecule has 1 aromatic rings. The van der Waals surface area contributed by atoms with Gasteiger partial charge in [-0.15, -0.1) is 0 Å². The molecular formula is C11H13BrO2. The van der Waals surface area contributed by atoms with Gasteiger partial charge >= 0.3 is 0 Å². The number of ether oxygens (including phenoxy) is 1. The van der Waals surface area contributed by atoms with E-state index in [1.54, 1.807) is 7.11 Å². The second kappa shape index (κ2) is 5.15. The van der Waals surface area contributed by atoms with Crippen molar-refractivity contribution < 1.29 is 9.53 Å². The Balaban J connectivity index is 2.97. The minimum absolute atomic E-state index is 0.554. The van der Waals surface area contributed by atoms with Crippen molar-refractivity contribution in [3.63, 3.8) is 0 Å². The van der Waals surface area contributed by atoms with Crippen LogP contribution in [0, 0.1) is 6.92 Å². The lowest BCUT2D eigenvalue weighted by Gasteiger charge is -2.09. The van der Waals surface area contributed by atoms with Crippen LogP contribution < -0.4 is 4.74 Å². The second-order valence-electron chi connectivity index (χ2n) is 3.11. The van der Waals surface area contributed by atoms with E-state index in [1.165, 1.54) is 0 Å². The number of halogens is 1. The van der Waals surface area contributed by atoms with Crippen LogP contribution >= 0.6 is 15.9 Å². The van der Waals surface area contributed by atoms with E-state index in [1.807, 2.05) is 19.1 Å². The largest absolute Gasteiger partial charge is 0.496 e. The van der Waals surface area contributed by atoms with Crippen molar-refractivity contribution in [2.75, 3.05) is 7.11 Å². The summed E-state index contributed by atoms with van der Waals surface area (Å²) in [5, 5.41) is 0. The van der Waals surface area contributed by atoms with Crippen LogP contribution in [0.3, 0.4) is 0 Å². The SMILES string of the molecule is COc1cc(CCC=O)cc(Br)c1C. The Morgan fingerprint density at radius 1 is 1.50 bits per heavy atom. The summed E-state index contributed by atoms with van der Waals surface area (Å²) >= 11 is 3.46. The van der Waals surface area contributed by atoms with E-state index in [4.69, 9.17) is 4.74 Å². The highest BCUT2D eigenvalue weighted by Crippen LogP contribution is 2.28. The van der Waals surface area contributed by atoms with E-state index in [0.717, 1.165) is 34.1 Å². The highest BCUT2D eigenvalue weighted by molar-refractivity contribution is 9.10. The van der Waals surface area contributed by atoms with Crippen molar-refractivity contribution in [3.05, 3.63) is 27.7 Å². The number of rotatable bonds is 4. The van der Waals surface area contributed by atoms with Crippen LogP contribution in [0.4, 0.5) is 0 Å². The van der Waals surface area contributed by atoms with Gasteiger partial charge < -0.3 is 9.53 Å². The molecule has 0 bridgehead atoms. The molecule has 0 N–H and O–H groups in total. The van der Waals surface area contributed by atoms with Gasteiger partial charge in [-0.05, 0) is 31.0 Å². The standard InChI is InChI=1S/C11H13BrO2/c1-8-10(12)6-9(4-3-5-13)7-11(8)14-2/h5-7H,3-4H2,1-2H3. The summed E-state index contributed by atoms with van der Waals surface area (Å²) in [5.41, 5.74) is 2.20. The number of aryl methyl sites for hydroxylation is 1. The maximum atomic E-state index is 10.2. The van der Waals surface area contributed by atoms with Crippen molar-refractivity contribution in [2.24, 2.45) is 0 Å². The average Bonchev–Trinajstić information content (AvgIpc) is 2.19. The smallest absolute Gasteiger partial charge is 0.123 e. The maximum Gasteiger partial charge on any atom is 0.123 e. The predicted molar refractivity (Wildman–Crippen MR) is 59.8 cm³/mol. The predicted octanol–water partition coefficient (Wildman–Crippen LogP) is 2.90. The molecule has 1 rings (SSSR count). The third-order valence-corrected chi connectivity index (χ3v) is 2.95. The lowest BCUT2D eigenvalue weighted by Crippen LogP contribution is -1.93. The van der Waals surface area contributed by atoms with Gasteiger partial charge in [0.25, 0.3) is 0 Å². The molecular weight excluding hydrogens is 244 g/mol. The Morgan fingerprint density at radius 3 is 2.79 bits per heavy atom. The molecule has 0 aromatic heterocycles. The quantitative estimate of drug-likeness (QED) is 0.775. The van der Waals surface area contributed by atoms with Gasteiger partial charge in [0.15, 0.2) is 0 Å². The first-order chi connectivity index (χ1) is 6.69. The van der Waals surface area contributed by atoms with Crippen LogP contribution in [0.25, 0.3) is 0 Å². The summed E-state index contributed by atoms with van der Waals surface area (Å²) in [6.07, 6.45) is 2.25. The fourth-order valence-electron chi connectivity index (χ4n) is 1.29. The van der Waals surface area contributed by atoms with Crippen molar-refractivity contribution in [2.45, 2.75) is 19.8 Å². The van der Waals surface area contributed by atoms with E-state index in [2.05, 4.69) is 15.9 Å². The Labute approximate surface area is 92.4 Å². The van der Waals surface area contributed by atoms with Crippen molar-refractivity contribution in [3.8, 4) is 5.75 Å². The van der Waals surface area contributed by atoms with Gasteiger partial charge in [-0.25, -0.2) is 0 Å². The zero-order valence-corrected chi connectivity index (χ0v) is 9.93. The third-order valence-electron chi connectivity index (χ3n) is 2.13. The molecule has 0 heterocycles. The number of carbonyl (C=O) groups excluding carboxylic acids is 1. The number of aldehydes is 1. The van der Waals surface area contributed by atoms with Crippen LogP contribution in [0.5, 0.6) is 5.75 Å². The minimum Gasteiger partial charge on any atom is -0.496 e. The molecule has 0 saturated carbocycles. The number of hydrogen-bond donors (Lipinski definition) is 0. The molecule has 3 heteroatoms. The van der Waals surface area contributed by atoms with E-state index in [0.29, 0.717) is 6.42 Å². The molecule has 0 aliphatic carbocycles. The van der Waals surface area contributed by atoms with Gasteiger partial charge in [0.05, 0.1) is 7.11 Å². The Bertz CT molecular complexity index is 334. The highest BCUT2D eigenvalue weighted by atomic mass is 79.9. The maximum absolute atomic E-state index is 10.2. The number of benzene rings is 1. The molecule has 0 radical (unpaired) electrons. The van der Waals surface area contributed by atoms with Crippen LogP contribution in [-0.4, -0.2) is 13.4 Å². The first kappa shape index (κ1) is 11.2. The summed E-state index contributed by atoms with van der Waals surface area (Å²) in [5.74, 6) is 0.861. The van der Waals surface area contributed by atoms with Gasteiger partial charge in [0.2, 0.25) is 0 Å². The Hall–Kier alpha value is -0.830. The molecule has 1 aromatic carbocycles. The number of methoxy groups -OCH3 is 1. The molecule has 0 amide bonds. The van der Waals surface area contributed by atoms with Gasteiger partial charge in [0, 0.05) is 16.5 Å². The summed E-state index contributed by atoms with van der Waals surface area (Å²) in [4.78, 5) is 10.2. The van der Waals surface area contributed by atoms with Crippen molar-refractivity contribution in [1.29, 1.82) is 0 Å². The van der Waals surface area contributed by atoms with Gasteiger partial charge in [0.1, 0.15) is 12.0 Å². The van der Waals surface area contributed by atoms with E-state index < -0.39 is 0 Å². The Morgan fingerprint density at radius 2 is 2.21 bits per heavy atom. The van der Waals surface area contributed by atoms with Gasteiger partial charge in [-0.1, -0.05) is 15.9 Å². The molecule has 0 spiro atoms. The average molecular weight is 257 g/mol. The van der Waals surface area contributed by atoms with E-state index in [-0.39, 0.29) is 0 Å². The van der Waals surface area contributed by atoms with Crippen LogP contribution in [0.2, 0.25) is 0 Å². The number of hydrogen-bond acceptors (Lipinski definition) is 2. The van der Waals surface area contributed by atoms with Crippen molar-refractivity contribution in [1.82, 2.24) is 0 Å². The molecule has 0 aliphatic rings. The fraction of sp³-hybridized carbons (Fsp3) is 0.364. The third kappa shape index (κ3) is 2.58. The van der Waals surface area contributed by atoms with Crippen LogP contribution in [0.15, 0.2) is 16.6 Å². The normalized spacial score (nSPS) is 9.93. The van der Waals surface area contributed by atoms with Crippen LogP contribution in [-0.2, 0) is 11.2 Å². The number of carbonyl (C=O) groups is 1. The monoisotopic (exact) mass is 256 g/mol. The zero-order valence-electron chi connectivity index (χ0n) is 8.34. The molecule has 0 saturated heterocycles. The molecule has 0 fully saturated rings. The highest BCUT2D eigenvalue weighted by Gasteiger charge is 2.05. The molecule has 2 nitrogen and oxygen atoms in total. The topological polar surface area (TPSA) is 26.3 Å². The first-order valence-corrected chi connectivity index (χ1v) is 5.25. The lowest BCUT2D eigenvalue weighted by molar-refractivity contribution is -0.107. The van der Waals surface area contributed by atoms with Gasteiger partial charge in [-0.3, -0.25) is 0 Å². The summed E-state index contributed by atoms with van der Waals surface area (Å²) in [6.45, 7) is 1.99. The van der Waals surface area contributed by atoms with E-state index >= 15 is 0 Å². The van der Waals surface area contributed by atoms with Gasteiger partial charge in [-0.2, -0.15) is 0 Å². The molecule has 14 heavy (non-hydrogen) atoms. The summed E-state index contributed by atoms with van der Waals surface area (Å²) < 4.78 is 6.25. The molecule has 0 unspecified atom stereocenters. The van der Waals surface area contributed by atoms with E-state index in [9.17, 15) is 4.79 Å². The second-order valence-corrected chi connectivity index (χ2v) is 3.96. The minimum atomic E-state index is 0.554. The summed E-state index contributed by atoms with van der Waals surface area (Å²) in [6, 6.07) is 4.00. The molecule has 76 valence electrons. The summed E-state index contributed by atoms with van der Waals surface area (Å²) in [7, 11) is 1.65. The van der Waals surface area contributed by atoms with Crippen LogP contribution in [0.1, 0.15) is 17.5 Å². The fourth-order valence-corrected chi connectivity index (χ4v) is 1.78. The first-order valence-electron chi connectivity index (χ1n) is 4.45. The molecule has 0 aliphatic heterocycles. The lowest BCUT2D eigenvalue weighted by atomic mass is 10.1.